The van der Waals surface area contributed by atoms with Crippen molar-refractivity contribution in [1.82, 2.24) is 19.5 Å². The minimum absolute atomic E-state index is 0.154. The molecule has 0 aliphatic heterocycles. The van der Waals surface area contributed by atoms with Gasteiger partial charge in [-0.15, -0.1) is 0 Å². The van der Waals surface area contributed by atoms with Gasteiger partial charge in [-0.25, -0.2) is 15.0 Å². The van der Waals surface area contributed by atoms with E-state index in [9.17, 15) is 0 Å². The van der Waals surface area contributed by atoms with Crippen molar-refractivity contribution in [1.29, 1.82) is 0 Å². The number of benzene rings is 7. The summed E-state index contributed by atoms with van der Waals surface area (Å²) in [5.74, 6) is 1.87. The molecule has 0 saturated heterocycles. The molecule has 11 rings (SSSR count). The molecule has 5 nitrogen and oxygen atoms in total. The number of rotatable bonds is 4. The highest BCUT2D eigenvalue weighted by atomic mass is 16.3. The Hall–Kier alpha value is -6.85. The SMILES string of the molecule is CC1(C)c2ccccc2-c2ccc3c4ccccc4n(-c4ccc(-c5nc(-c6ccccc6)nc(-c6ccc7oc8ccccc8c7c6)n5)cc4)c3c21. The molecule has 0 amide bonds. The predicted octanol–water partition coefficient (Wildman–Crippen LogP) is 12.2. The molecule has 0 spiro atoms. The fourth-order valence-corrected chi connectivity index (χ4v) is 8.56. The van der Waals surface area contributed by atoms with Crippen LogP contribution in [-0.4, -0.2) is 19.5 Å². The standard InChI is InChI=1S/C48H32N4O/c1-48(2)39-17-9-6-14-33(39)36-25-26-37-34-15-7-10-18-40(34)52(44(37)43(36)48)32-23-20-30(21-24-32)46-49-45(29-12-4-3-5-13-29)50-47(51-46)31-22-27-42-38(28-31)35-16-8-11-19-41(35)53-42/h3-28H,1-2H3. The van der Waals surface area contributed by atoms with Gasteiger partial charge in [0.15, 0.2) is 17.5 Å². The summed E-state index contributed by atoms with van der Waals surface area (Å²) in [6.07, 6.45) is 0. The maximum atomic E-state index is 6.12. The minimum Gasteiger partial charge on any atom is -0.456 e. The molecule has 0 radical (unpaired) electrons. The van der Waals surface area contributed by atoms with E-state index in [0.29, 0.717) is 17.5 Å². The topological polar surface area (TPSA) is 56.7 Å². The smallest absolute Gasteiger partial charge is 0.164 e. The monoisotopic (exact) mass is 680 g/mol. The third-order valence-electron chi connectivity index (χ3n) is 11.0. The van der Waals surface area contributed by atoms with Crippen LogP contribution in [0.1, 0.15) is 25.0 Å². The van der Waals surface area contributed by atoms with Crippen LogP contribution in [0.2, 0.25) is 0 Å². The fourth-order valence-electron chi connectivity index (χ4n) is 8.56. The van der Waals surface area contributed by atoms with E-state index in [1.807, 2.05) is 60.7 Å². The minimum atomic E-state index is -0.154. The van der Waals surface area contributed by atoms with Crippen molar-refractivity contribution in [3.8, 4) is 51.0 Å². The van der Waals surface area contributed by atoms with E-state index in [0.717, 1.165) is 44.3 Å². The first-order chi connectivity index (χ1) is 26.0. The van der Waals surface area contributed by atoms with E-state index in [-0.39, 0.29) is 5.41 Å². The number of furan rings is 1. The van der Waals surface area contributed by atoms with Gasteiger partial charge in [0.05, 0.1) is 11.0 Å². The summed E-state index contributed by atoms with van der Waals surface area (Å²) in [6.45, 7) is 4.72. The van der Waals surface area contributed by atoms with Crippen LogP contribution in [0.15, 0.2) is 162 Å². The highest BCUT2D eigenvalue weighted by Crippen LogP contribution is 2.53. The molecule has 0 N–H and O–H groups in total. The molecule has 53 heavy (non-hydrogen) atoms. The lowest BCUT2D eigenvalue weighted by Gasteiger charge is -2.23. The molecule has 7 aromatic carbocycles. The van der Waals surface area contributed by atoms with Crippen LogP contribution in [0.4, 0.5) is 0 Å². The maximum Gasteiger partial charge on any atom is 0.164 e. The molecule has 10 aromatic rings. The van der Waals surface area contributed by atoms with Crippen LogP contribution in [0, 0.1) is 0 Å². The second-order valence-electron chi connectivity index (χ2n) is 14.4. The Kier molecular flexibility index (Phi) is 6.23. The van der Waals surface area contributed by atoms with Gasteiger partial charge in [0.25, 0.3) is 0 Å². The number of hydrogen-bond acceptors (Lipinski definition) is 4. The lowest BCUT2D eigenvalue weighted by molar-refractivity contribution is 0.664. The normalized spacial score (nSPS) is 13.2. The largest absolute Gasteiger partial charge is 0.456 e. The molecule has 250 valence electrons. The molecule has 0 bridgehead atoms. The first-order valence-electron chi connectivity index (χ1n) is 18.0. The second-order valence-corrected chi connectivity index (χ2v) is 14.4. The second kappa shape index (κ2) is 11.1. The van der Waals surface area contributed by atoms with E-state index in [2.05, 4.69) is 115 Å². The molecule has 1 aliphatic carbocycles. The van der Waals surface area contributed by atoms with Gasteiger partial charge in [-0.05, 0) is 76.9 Å². The number of fused-ring (bicyclic) bond motifs is 10. The molecule has 0 unspecified atom stereocenters. The zero-order valence-electron chi connectivity index (χ0n) is 29.2. The average molecular weight is 681 g/mol. The van der Waals surface area contributed by atoms with Crippen molar-refractivity contribution >= 4 is 43.7 Å². The molecule has 0 fully saturated rings. The molecule has 0 saturated carbocycles. The number of nitrogens with zero attached hydrogens (tertiary/aromatic N) is 4. The highest BCUT2D eigenvalue weighted by molar-refractivity contribution is 6.13. The van der Waals surface area contributed by atoms with Crippen molar-refractivity contribution < 1.29 is 4.42 Å². The van der Waals surface area contributed by atoms with Gasteiger partial charge in [-0.1, -0.05) is 117 Å². The molecule has 3 aromatic heterocycles. The highest BCUT2D eigenvalue weighted by Gasteiger charge is 2.38. The average Bonchev–Trinajstić information content (AvgIpc) is 3.83. The lowest BCUT2D eigenvalue weighted by Crippen LogP contribution is -2.16. The molecule has 0 atom stereocenters. The van der Waals surface area contributed by atoms with Crippen LogP contribution in [0.3, 0.4) is 0 Å². The molecular formula is C48H32N4O. The Balaban J connectivity index is 1.08. The van der Waals surface area contributed by atoms with Crippen molar-refractivity contribution in [2.45, 2.75) is 19.3 Å². The quantitative estimate of drug-likeness (QED) is 0.186. The molecular weight excluding hydrogens is 649 g/mol. The number of para-hydroxylation sites is 2. The first kappa shape index (κ1) is 29.8. The summed E-state index contributed by atoms with van der Waals surface area (Å²) in [7, 11) is 0. The van der Waals surface area contributed by atoms with Crippen LogP contribution >= 0.6 is 0 Å². The van der Waals surface area contributed by atoms with Gasteiger partial charge in [-0.2, -0.15) is 0 Å². The van der Waals surface area contributed by atoms with E-state index in [1.165, 1.54) is 44.1 Å². The fraction of sp³-hybridized carbons (Fsp3) is 0.0625. The Morgan fingerprint density at radius 3 is 1.91 bits per heavy atom. The van der Waals surface area contributed by atoms with Gasteiger partial charge in [-0.3, -0.25) is 0 Å². The van der Waals surface area contributed by atoms with Crippen LogP contribution in [0.25, 0.3) is 94.7 Å². The van der Waals surface area contributed by atoms with E-state index in [4.69, 9.17) is 19.4 Å². The summed E-state index contributed by atoms with van der Waals surface area (Å²) in [5.41, 5.74) is 13.2. The van der Waals surface area contributed by atoms with Gasteiger partial charge in [0.2, 0.25) is 0 Å². The summed E-state index contributed by atoms with van der Waals surface area (Å²) in [5, 5.41) is 4.62. The summed E-state index contributed by atoms with van der Waals surface area (Å²) >= 11 is 0. The van der Waals surface area contributed by atoms with Gasteiger partial charge in [0, 0.05) is 49.3 Å². The predicted molar refractivity (Wildman–Crippen MR) is 215 cm³/mol. The molecule has 1 aliphatic rings. The first-order valence-corrected chi connectivity index (χ1v) is 18.0. The summed E-state index contributed by atoms with van der Waals surface area (Å²) in [6, 6.07) is 55.3. The van der Waals surface area contributed by atoms with E-state index >= 15 is 0 Å². The number of hydrogen-bond donors (Lipinski definition) is 0. The van der Waals surface area contributed by atoms with Crippen LogP contribution in [-0.2, 0) is 5.41 Å². The Morgan fingerprint density at radius 1 is 0.472 bits per heavy atom. The Bertz CT molecular complexity index is 3080. The zero-order chi connectivity index (χ0) is 35.3. The van der Waals surface area contributed by atoms with Crippen LogP contribution < -0.4 is 0 Å². The van der Waals surface area contributed by atoms with E-state index < -0.39 is 0 Å². The Morgan fingerprint density at radius 2 is 1.09 bits per heavy atom. The van der Waals surface area contributed by atoms with Crippen molar-refractivity contribution in [2.75, 3.05) is 0 Å². The summed E-state index contributed by atoms with van der Waals surface area (Å²) < 4.78 is 8.57. The van der Waals surface area contributed by atoms with Crippen LogP contribution in [0.5, 0.6) is 0 Å². The number of aromatic nitrogens is 4. The van der Waals surface area contributed by atoms with E-state index in [1.54, 1.807) is 0 Å². The maximum absolute atomic E-state index is 6.12. The molecule has 3 heterocycles. The van der Waals surface area contributed by atoms with Gasteiger partial charge in [0.1, 0.15) is 11.2 Å². The Labute approximate surface area is 305 Å². The van der Waals surface area contributed by atoms with Crippen molar-refractivity contribution in [2.24, 2.45) is 0 Å². The molecule has 5 heteroatoms. The van der Waals surface area contributed by atoms with Gasteiger partial charge >= 0.3 is 0 Å². The van der Waals surface area contributed by atoms with Crippen molar-refractivity contribution in [3.05, 3.63) is 169 Å². The van der Waals surface area contributed by atoms with Gasteiger partial charge < -0.3 is 8.98 Å². The lowest BCUT2D eigenvalue weighted by atomic mass is 9.81. The zero-order valence-corrected chi connectivity index (χ0v) is 29.2. The van der Waals surface area contributed by atoms with Crippen molar-refractivity contribution in [3.63, 3.8) is 0 Å². The third kappa shape index (κ3) is 4.40. The third-order valence-corrected chi connectivity index (χ3v) is 11.0. The summed E-state index contributed by atoms with van der Waals surface area (Å²) in [4.78, 5) is 15.1.